The van der Waals surface area contributed by atoms with E-state index in [0.717, 1.165) is 18.4 Å². The molecule has 0 radical (unpaired) electrons. The van der Waals surface area contributed by atoms with Crippen LogP contribution in [0.25, 0.3) is 0 Å². The van der Waals surface area contributed by atoms with E-state index >= 15 is 0 Å². The minimum Gasteiger partial charge on any atom is -0.204 e. The van der Waals surface area contributed by atoms with Crippen LogP contribution in [0, 0.1) is 11.6 Å². The van der Waals surface area contributed by atoms with Crippen LogP contribution in [0.2, 0.25) is 0 Å². The van der Waals surface area contributed by atoms with E-state index in [4.69, 9.17) is 0 Å². The first kappa shape index (κ1) is 7.71. The Morgan fingerprint density at radius 1 is 1.08 bits per heavy atom. The minimum absolute atomic E-state index is 0.472. The van der Waals surface area contributed by atoms with Crippen molar-refractivity contribution in [3.63, 3.8) is 0 Å². The second-order valence-electron chi connectivity index (χ2n) is 3.30. The van der Waals surface area contributed by atoms with E-state index in [9.17, 15) is 8.78 Å². The summed E-state index contributed by atoms with van der Waals surface area (Å²) >= 11 is 0. The molecule has 0 heterocycles. The van der Waals surface area contributed by atoms with Crippen molar-refractivity contribution in [2.24, 2.45) is 0 Å². The molecule has 64 valence electrons. The van der Waals surface area contributed by atoms with Gasteiger partial charge in [0.15, 0.2) is 11.6 Å². The Bertz CT molecular complexity index is 290. The van der Waals surface area contributed by atoms with Crippen LogP contribution in [0.15, 0.2) is 18.2 Å². The van der Waals surface area contributed by atoms with Crippen LogP contribution in [0.1, 0.15) is 30.7 Å². The molecule has 0 N–H and O–H groups in total. The Balaban J connectivity index is 2.27. The van der Waals surface area contributed by atoms with Crippen LogP contribution < -0.4 is 0 Å². The van der Waals surface area contributed by atoms with Crippen molar-refractivity contribution in [3.8, 4) is 0 Å². The second-order valence-corrected chi connectivity index (χ2v) is 3.30. The first-order chi connectivity index (χ1) is 5.77. The Labute approximate surface area is 70.2 Å². The highest BCUT2D eigenvalue weighted by molar-refractivity contribution is 5.23. The van der Waals surface area contributed by atoms with Gasteiger partial charge in [-0.3, -0.25) is 0 Å². The summed E-state index contributed by atoms with van der Waals surface area (Å²) in [6.07, 6.45) is 3.44. The smallest absolute Gasteiger partial charge is 0.159 e. The SMILES string of the molecule is Fc1ccc(C2CCC2)cc1F. The third-order valence-electron chi connectivity index (χ3n) is 2.52. The van der Waals surface area contributed by atoms with E-state index in [0.29, 0.717) is 5.92 Å². The molecule has 1 fully saturated rings. The van der Waals surface area contributed by atoms with Gasteiger partial charge in [0.05, 0.1) is 0 Å². The molecule has 1 saturated carbocycles. The predicted molar refractivity (Wildman–Crippen MR) is 43.0 cm³/mol. The maximum Gasteiger partial charge on any atom is 0.159 e. The van der Waals surface area contributed by atoms with Crippen molar-refractivity contribution in [1.29, 1.82) is 0 Å². The van der Waals surface area contributed by atoms with Gasteiger partial charge in [-0.2, -0.15) is 0 Å². The number of hydrogen-bond acceptors (Lipinski definition) is 0. The van der Waals surface area contributed by atoms with Gasteiger partial charge in [0, 0.05) is 0 Å². The van der Waals surface area contributed by atoms with Gasteiger partial charge in [-0.1, -0.05) is 12.5 Å². The zero-order valence-electron chi connectivity index (χ0n) is 6.69. The van der Waals surface area contributed by atoms with Crippen LogP contribution in [-0.4, -0.2) is 0 Å². The molecule has 2 heteroatoms. The molecular formula is C10H10F2. The summed E-state index contributed by atoms with van der Waals surface area (Å²) in [5, 5.41) is 0. The van der Waals surface area contributed by atoms with Gasteiger partial charge < -0.3 is 0 Å². The molecule has 1 aromatic carbocycles. The van der Waals surface area contributed by atoms with E-state index in [1.54, 1.807) is 6.07 Å². The van der Waals surface area contributed by atoms with Gasteiger partial charge in [0.25, 0.3) is 0 Å². The zero-order chi connectivity index (χ0) is 8.55. The molecule has 0 bridgehead atoms. The Morgan fingerprint density at radius 3 is 2.33 bits per heavy atom. The highest BCUT2D eigenvalue weighted by atomic mass is 19.2. The summed E-state index contributed by atoms with van der Waals surface area (Å²) in [6, 6.07) is 4.21. The van der Waals surface area contributed by atoms with Crippen LogP contribution in [-0.2, 0) is 0 Å². The number of hydrogen-bond donors (Lipinski definition) is 0. The summed E-state index contributed by atoms with van der Waals surface area (Å²) in [7, 11) is 0. The van der Waals surface area contributed by atoms with Gasteiger partial charge in [-0.25, -0.2) is 8.78 Å². The van der Waals surface area contributed by atoms with Gasteiger partial charge in [0.2, 0.25) is 0 Å². The second kappa shape index (κ2) is 2.85. The zero-order valence-corrected chi connectivity index (χ0v) is 6.69. The van der Waals surface area contributed by atoms with Crippen LogP contribution in [0.4, 0.5) is 8.78 Å². The summed E-state index contributed by atoms with van der Waals surface area (Å²) < 4.78 is 25.2. The molecule has 12 heavy (non-hydrogen) atoms. The fourth-order valence-electron chi connectivity index (χ4n) is 1.51. The number of rotatable bonds is 1. The molecule has 1 aliphatic carbocycles. The average molecular weight is 168 g/mol. The highest BCUT2D eigenvalue weighted by Crippen LogP contribution is 2.36. The van der Waals surface area contributed by atoms with Gasteiger partial charge in [-0.15, -0.1) is 0 Å². The third-order valence-corrected chi connectivity index (χ3v) is 2.52. The lowest BCUT2D eigenvalue weighted by atomic mass is 9.80. The van der Waals surface area contributed by atoms with Crippen LogP contribution in [0.5, 0.6) is 0 Å². The molecule has 0 aromatic heterocycles. The maximum atomic E-state index is 12.7. The van der Waals surface area contributed by atoms with Crippen molar-refractivity contribution < 1.29 is 8.78 Å². The molecule has 0 nitrogen and oxygen atoms in total. The first-order valence-corrected chi connectivity index (χ1v) is 4.22. The molecule has 0 aliphatic heterocycles. The Morgan fingerprint density at radius 2 is 1.83 bits per heavy atom. The first-order valence-electron chi connectivity index (χ1n) is 4.22. The van der Waals surface area contributed by atoms with E-state index in [2.05, 4.69) is 0 Å². The van der Waals surface area contributed by atoms with Crippen LogP contribution in [0.3, 0.4) is 0 Å². The Hall–Kier alpha value is -0.920. The lowest BCUT2D eigenvalue weighted by molar-refractivity contribution is 0.415. The molecule has 0 saturated heterocycles. The van der Waals surface area contributed by atoms with E-state index in [1.807, 2.05) is 0 Å². The van der Waals surface area contributed by atoms with Crippen molar-refractivity contribution in [2.75, 3.05) is 0 Å². The molecule has 1 aliphatic rings. The lowest BCUT2D eigenvalue weighted by Gasteiger charge is -2.25. The van der Waals surface area contributed by atoms with E-state index in [-0.39, 0.29) is 0 Å². The van der Waals surface area contributed by atoms with Crippen molar-refractivity contribution in [3.05, 3.63) is 35.4 Å². The van der Waals surface area contributed by atoms with Crippen molar-refractivity contribution >= 4 is 0 Å². The predicted octanol–water partition coefficient (Wildman–Crippen LogP) is 3.23. The van der Waals surface area contributed by atoms with Gasteiger partial charge in [0.1, 0.15) is 0 Å². The highest BCUT2D eigenvalue weighted by Gasteiger charge is 2.20. The quantitative estimate of drug-likeness (QED) is 0.603. The minimum atomic E-state index is -0.752. The van der Waals surface area contributed by atoms with Gasteiger partial charge in [-0.05, 0) is 36.5 Å². The standard InChI is InChI=1S/C10H10F2/c11-9-5-4-8(6-10(9)12)7-2-1-3-7/h4-7H,1-3H2. The maximum absolute atomic E-state index is 12.7. The third kappa shape index (κ3) is 1.22. The molecule has 1 aromatic rings. The molecule has 0 spiro atoms. The normalized spacial score (nSPS) is 17.5. The molecule has 0 amide bonds. The fraction of sp³-hybridized carbons (Fsp3) is 0.400. The molecule has 2 rings (SSSR count). The summed E-state index contributed by atoms with van der Waals surface area (Å²) in [6.45, 7) is 0. The number of halogens is 2. The van der Waals surface area contributed by atoms with Gasteiger partial charge >= 0.3 is 0 Å². The fourth-order valence-corrected chi connectivity index (χ4v) is 1.51. The molecular weight excluding hydrogens is 158 g/mol. The Kier molecular flexibility index (Phi) is 1.83. The summed E-state index contributed by atoms with van der Waals surface area (Å²) in [5.41, 5.74) is 0.945. The lowest BCUT2D eigenvalue weighted by Crippen LogP contribution is -2.09. The number of benzene rings is 1. The van der Waals surface area contributed by atoms with Crippen molar-refractivity contribution in [2.45, 2.75) is 25.2 Å². The van der Waals surface area contributed by atoms with E-state index in [1.165, 1.54) is 18.6 Å². The topological polar surface area (TPSA) is 0 Å². The van der Waals surface area contributed by atoms with E-state index < -0.39 is 11.6 Å². The summed E-state index contributed by atoms with van der Waals surface area (Å²) in [4.78, 5) is 0. The van der Waals surface area contributed by atoms with Crippen molar-refractivity contribution in [1.82, 2.24) is 0 Å². The monoisotopic (exact) mass is 168 g/mol. The van der Waals surface area contributed by atoms with Crippen LogP contribution >= 0.6 is 0 Å². The molecule has 0 atom stereocenters. The average Bonchev–Trinajstić information content (AvgIpc) is 1.93. The largest absolute Gasteiger partial charge is 0.204 e. The summed E-state index contributed by atoms with van der Waals surface area (Å²) in [5.74, 6) is -1.00. The molecule has 0 unspecified atom stereocenters.